The van der Waals surface area contributed by atoms with Crippen molar-refractivity contribution in [1.29, 1.82) is 0 Å². The number of imidazole rings is 1. The second-order valence-electron chi connectivity index (χ2n) is 3.96. The van der Waals surface area contributed by atoms with Crippen LogP contribution in [0.3, 0.4) is 0 Å². The molecule has 0 spiro atoms. The van der Waals surface area contributed by atoms with Gasteiger partial charge in [0, 0.05) is 11.5 Å². The van der Waals surface area contributed by atoms with Crippen molar-refractivity contribution < 1.29 is 22.8 Å². The fourth-order valence-corrected chi connectivity index (χ4v) is 2.27. The van der Waals surface area contributed by atoms with E-state index in [0.29, 0.717) is 9.99 Å². The molecular formula is C12H15BrN2O4S. The number of hydrogen-bond donors (Lipinski definition) is 0. The summed E-state index contributed by atoms with van der Waals surface area (Å²) in [4.78, 5) is 4.08. The first-order valence-electron chi connectivity index (χ1n) is 7.46. The molecule has 110 valence electrons. The van der Waals surface area contributed by atoms with Crippen LogP contribution in [-0.4, -0.2) is 30.8 Å². The van der Waals surface area contributed by atoms with Crippen molar-refractivity contribution in [2.75, 3.05) is 12.8 Å². The van der Waals surface area contributed by atoms with Gasteiger partial charge >= 0.3 is 0 Å². The lowest BCUT2D eigenvalue weighted by Crippen LogP contribution is -2.06. The molecule has 0 unspecified atom stereocenters. The molecular weight excluding hydrogens is 348 g/mol. The standard InChI is InChI=1S/C12H15BrN2O4S/c1-4-18-10-6-8(13)5-9-12(10)14-11(15(9)2)7-19-20(3,16)17/h5-6H,4,7H2,1-3H3/i4D2,7D2. The summed E-state index contributed by atoms with van der Waals surface area (Å²) in [6, 6.07) is 3.12. The SMILES string of the molecule is [2H]C([2H])(C)Oc1cc(Br)cc2c1nc(C([2H])([2H])OS(C)(=O)=O)n2C. The molecule has 0 aliphatic rings. The van der Waals surface area contributed by atoms with Gasteiger partial charge in [0.2, 0.25) is 0 Å². The summed E-state index contributed by atoms with van der Waals surface area (Å²) >= 11 is 3.27. The second kappa shape index (κ2) is 5.71. The number of hydrogen-bond acceptors (Lipinski definition) is 5. The quantitative estimate of drug-likeness (QED) is 0.758. The molecule has 0 aliphatic heterocycles. The molecule has 0 bridgehead atoms. The van der Waals surface area contributed by atoms with Gasteiger partial charge in [0.25, 0.3) is 10.1 Å². The van der Waals surface area contributed by atoms with Crippen LogP contribution in [0.1, 0.15) is 18.2 Å². The molecule has 1 aromatic carbocycles. The molecule has 1 heterocycles. The minimum atomic E-state index is -4.06. The minimum Gasteiger partial charge on any atom is -0.491 e. The van der Waals surface area contributed by atoms with Crippen LogP contribution in [0.5, 0.6) is 5.75 Å². The summed E-state index contributed by atoms with van der Waals surface area (Å²) in [6.45, 7) is -3.46. The summed E-state index contributed by atoms with van der Waals surface area (Å²) in [5, 5.41) is 0. The van der Waals surface area contributed by atoms with E-state index in [0.717, 1.165) is 6.26 Å². The molecule has 6 nitrogen and oxygen atoms in total. The smallest absolute Gasteiger partial charge is 0.264 e. The molecule has 8 heteroatoms. The summed E-state index contributed by atoms with van der Waals surface area (Å²) in [6.07, 6.45) is 0.740. The van der Waals surface area contributed by atoms with Crippen molar-refractivity contribution >= 4 is 37.1 Å². The largest absolute Gasteiger partial charge is 0.491 e. The Hall–Kier alpha value is -1.12. The maximum atomic E-state index is 11.3. The molecule has 0 amide bonds. The van der Waals surface area contributed by atoms with E-state index < -0.39 is 23.2 Å². The predicted molar refractivity (Wildman–Crippen MR) is 79.2 cm³/mol. The molecule has 0 aliphatic carbocycles. The molecule has 0 saturated carbocycles. The van der Waals surface area contributed by atoms with Gasteiger partial charge in [0.1, 0.15) is 23.6 Å². The number of fused-ring (bicyclic) bond motifs is 1. The number of halogens is 1. The third kappa shape index (κ3) is 3.31. The van der Waals surface area contributed by atoms with Crippen LogP contribution in [0.25, 0.3) is 11.0 Å². The van der Waals surface area contributed by atoms with E-state index in [1.807, 2.05) is 0 Å². The van der Waals surface area contributed by atoms with Gasteiger partial charge < -0.3 is 9.30 Å². The molecule has 2 rings (SSSR count). The van der Waals surface area contributed by atoms with Gasteiger partial charge in [0.05, 0.1) is 23.8 Å². The van der Waals surface area contributed by atoms with Crippen LogP contribution >= 0.6 is 15.9 Å². The van der Waals surface area contributed by atoms with Gasteiger partial charge in [-0.15, -0.1) is 0 Å². The highest BCUT2D eigenvalue weighted by Gasteiger charge is 2.15. The zero-order chi connectivity index (χ0) is 18.5. The van der Waals surface area contributed by atoms with Crippen LogP contribution in [0.15, 0.2) is 16.6 Å². The lowest BCUT2D eigenvalue weighted by Gasteiger charge is -2.05. The average molecular weight is 367 g/mol. The monoisotopic (exact) mass is 366 g/mol. The lowest BCUT2D eigenvalue weighted by atomic mass is 10.3. The van der Waals surface area contributed by atoms with E-state index in [1.54, 1.807) is 6.07 Å². The second-order valence-corrected chi connectivity index (χ2v) is 6.45. The fraction of sp³-hybridized carbons (Fsp3) is 0.417. The Labute approximate surface area is 131 Å². The van der Waals surface area contributed by atoms with Gasteiger partial charge in [-0.3, -0.25) is 4.18 Å². The topological polar surface area (TPSA) is 70.4 Å². The summed E-state index contributed by atoms with van der Waals surface area (Å²) in [5.74, 6) is -0.202. The first-order valence-corrected chi connectivity index (χ1v) is 8.07. The Morgan fingerprint density at radius 1 is 1.50 bits per heavy atom. The van der Waals surface area contributed by atoms with Crippen molar-refractivity contribution in [3.8, 4) is 5.75 Å². The van der Waals surface area contributed by atoms with Gasteiger partial charge in [-0.25, -0.2) is 4.98 Å². The molecule has 0 radical (unpaired) electrons. The van der Waals surface area contributed by atoms with Crippen LogP contribution < -0.4 is 4.74 Å². The lowest BCUT2D eigenvalue weighted by molar-refractivity contribution is 0.299. The molecule has 2 aromatic rings. The summed E-state index contributed by atoms with van der Waals surface area (Å²) in [7, 11) is -2.57. The Kier molecular flexibility index (Phi) is 3.02. The number of aryl methyl sites for hydroxylation is 1. The average Bonchev–Trinajstić information content (AvgIpc) is 2.63. The van der Waals surface area contributed by atoms with Gasteiger partial charge in [-0.2, -0.15) is 8.42 Å². The summed E-state index contributed by atoms with van der Waals surface area (Å²) in [5.41, 5.74) is 0.599. The number of ether oxygens (including phenoxy) is 1. The molecule has 20 heavy (non-hydrogen) atoms. The van der Waals surface area contributed by atoms with E-state index in [1.165, 1.54) is 24.6 Å². The van der Waals surface area contributed by atoms with Crippen molar-refractivity contribution in [1.82, 2.24) is 9.55 Å². The first kappa shape index (κ1) is 10.6. The van der Waals surface area contributed by atoms with Crippen molar-refractivity contribution in [3.63, 3.8) is 0 Å². The van der Waals surface area contributed by atoms with Crippen LogP contribution in [0.4, 0.5) is 0 Å². The third-order valence-electron chi connectivity index (χ3n) is 2.41. The van der Waals surface area contributed by atoms with Crippen LogP contribution in [0, 0.1) is 0 Å². The third-order valence-corrected chi connectivity index (χ3v) is 3.26. The Morgan fingerprint density at radius 3 is 2.80 bits per heavy atom. The molecule has 0 atom stereocenters. The highest BCUT2D eigenvalue weighted by Crippen LogP contribution is 2.30. The van der Waals surface area contributed by atoms with Crippen LogP contribution in [-0.2, 0) is 27.9 Å². The zero-order valence-corrected chi connectivity index (χ0v) is 13.4. The number of aromatic nitrogens is 2. The maximum absolute atomic E-state index is 11.3. The van der Waals surface area contributed by atoms with Gasteiger partial charge in [0.15, 0.2) is 0 Å². The number of nitrogens with zero attached hydrogens (tertiary/aromatic N) is 2. The molecule has 0 N–H and O–H groups in total. The van der Waals surface area contributed by atoms with Gasteiger partial charge in [-0.1, -0.05) is 15.9 Å². The first-order chi connectivity index (χ1) is 10.7. The number of benzene rings is 1. The number of rotatable bonds is 5. The van der Waals surface area contributed by atoms with Crippen LogP contribution in [0.2, 0.25) is 0 Å². The molecule has 1 aromatic heterocycles. The Bertz CT molecular complexity index is 893. The highest BCUT2D eigenvalue weighted by molar-refractivity contribution is 9.10. The van der Waals surface area contributed by atoms with Crippen molar-refractivity contribution in [3.05, 3.63) is 22.4 Å². The maximum Gasteiger partial charge on any atom is 0.264 e. The van der Waals surface area contributed by atoms with E-state index in [2.05, 4.69) is 25.1 Å². The minimum absolute atomic E-state index is 0.0869. The normalized spacial score (nSPS) is 16.4. The van der Waals surface area contributed by atoms with Crippen molar-refractivity contribution in [2.24, 2.45) is 7.05 Å². The van der Waals surface area contributed by atoms with E-state index in [-0.39, 0.29) is 17.1 Å². The van der Waals surface area contributed by atoms with Crippen molar-refractivity contribution in [2.45, 2.75) is 13.5 Å². The molecule has 0 saturated heterocycles. The molecule has 0 fully saturated rings. The Morgan fingerprint density at radius 2 is 2.20 bits per heavy atom. The van der Waals surface area contributed by atoms with E-state index in [9.17, 15) is 8.42 Å². The summed E-state index contributed by atoms with van der Waals surface area (Å²) < 4.78 is 64.9. The van der Waals surface area contributed by atoms with Gasteiger partial charge in [-0.05, 0) is 19.1 Å². The zero-order valence-electron chi connectivity index (χ0n) is 15.0. The Balaban J connectivity index is 2.67. The van der Waals surface area contributed by atoms with E-state index in [4.69, 9.17) is 10.2 Å². The fourth-order valence-electron chi connectivity index (χ4n) is 1.62. The van der Waals surface area contributed by atoms with E-state index >= 15 is 0 Å². The predicted octanol–water partition coefficient (Wildman–Crippen LogP) is 2.21. The highest BCUT2D eigenvalue weighted by atomic mass is 79.9.